The van der Waals surface area contributed by atoms with E-state index in [4.69, 9.17) is 0 Å². The molecular weight excluding hydrogens is 597 g/mol. The van der Waals surface area contributed by atoms with E-state index in [1.165, 1.54) is 43.8 Å². The molecule has 0 unspecified atom stereocenters. The average molecular weight is 649 g/mol. The molecule has 5 aromatic carbocycles. The fraction of sp³-hybridized carbons (Fsp3) is 0.348. The number of rotatable bonds is 2. The van der Waals surface area contributed by atoms with Crippen LogP contribution in [0, 0.1) is 0 Å². The minimum absolute atomic E-state index is 0.0265. The van der Waals surface area contributed by atoms with Crippen LogP contribution in [0.1, 0.15) is 105 Å². The standard InChI is InChI=1S/C46H52N2O/c1-43(2,3)28-13-17-39-35(21-28)36-22-29(44(4,5)6)14-18-40(36)47(39)32-25-33(27-34(49)26-32)48-41-19-15-30(45(7,8)9)23-37(41)38-24-31(46(10,11)12)16-20-42(38)48/h13-27,49H,1-12H3. The summed E-state index contributed by atoms with van der Waals surface area (Å²) in [6, 6.07) is 33.6. The zero-order chi connectivity index (χ0) is 35.4. The lowest BCUT2D eigenvalue weighted by atomic mass is 9.85. The molecule has 49 heavy (non-hydrogen) atoms. The topological polar surface area (TPSA) is 30.1 Å². The summed E-state index contributed by atoms with van der Waals surface area (Å²) < 4.78 is 4.66. The summed E-state index contributed by atoms with van der Waals surface area (Å²) in [6.45, 7) is 27.3. The van der Waals surface area contributed by atoms with Crippen LogP contribution in [0.5, 0.6) is 5.75 Å². The molecule has 0 atom stereocenters. The molecule has 0 amide bonds. The molecule has 3 nitrogen and oxygen atoms in total. The Bertz CT molecular complexity index is 2110. The third-order valence-electron chi connectivity index (χ3n) is 10.4. The van der Waals surface area contributed by atoms with Crippen molar-refractivity contribution in [3.05, 3.63) is 113 Å². The second kappa shape index (κ2) is 10.7. The van der Waals surface area contributed by atoms with E-state index < -0.39 is 0 Å². The van der Waals surface area contributed by atoms with Crippen LogP contribution in [0.25, 0.3) is 55.0 Å². The number of fused-ring (bicyclic) bond motifs is 6. The highest BCUT2D eigenvalue weighted by Gasteiger charge is 2.24. The lowest BCUT2D eigenvalue weighted by Crippen LogP contribution is -2.10. The van der Waals surface area contributed by atoms with Crippen molar-refractivity contribution in [1.29, 1.82) is 0 Å². The largest absolute Gasteiger partial charge is 0.508 e. The summed E-state index contributed by atoms with van der Waals surface area (Å²) in [4.78, 5) is 0. The molecule has 2 aromatic heterocycles. The lowest BCUT2D eigenvalue weighted by Gasteiger charge is -2.19. The van der Waals surface area contributed by atoms with Crippen LogP contribution in [-0.2, 0) is 21.7 Å². The monoisotopic (exact) mass is 648 g/mol. The molecule has 0 aliphatic heterocycles. The van der Waals surface area contributed by atoms with E-state index in [9.17, 15) is 5.11 Å². The van der Waals surface area contributed by atoms with Crippen LogP contribution in [0.2, 0.25) is 0 Å². The number of hydrogen-bond donors (Lipinski definition) is 1. The van der Waals surface area contributed by atoms with Gasteiger partial charge in [0.05, 0.1) is 33.4 Å². The van der Waals surface area contributed by atoms with Crippen molar-refractivity contribution < 1.29 is 5.11 Å². The predicted molar refractivity (Wildman–Crippen MR) is 212 cm³/mol. The van der Waals surface area contributed by atoms with Crippen molar-refractivity contribution in [2.24, 2.45) is 0 Å². The first kappa shape index (κ1) is 33.0. The third kappa shape index (κ3) is 5.62. The fourth-order valence-electron chi connectivity index (χ4n) is 7.31. The molecule has 0 aliphatic carbocycles. The molecule has 0 fully saturated rings. The molecular formula is C46H52N2O. The molecule has 0 radical (unpaired) electrons. The van der Waals surface area contributed by atoms with Gasteiger partial charge in [-0.2, -0.15) is 0 Å². The Hall–Kier alpha value is -4.50. The Kier molecular flexibility index (Phi) is 7.24. The molecule has 2 heterocycles. The molecule has 252 valence electrons. The minimum atomic E-state index is 0.0265. The molecule has 3 heteroatoms. The van der Waals surface area contributed by atoms with E-state index in [-0.39, 0.29) is 27.4 Å². The first-order valence-electron chi connectivity index (χ1n) is 17.7. The van der Waals surface area contributed by atoms with Gasteiger partial charge in [0.2, 0.25) is 0 Å². The Labute approximate surface area is 292 Å². The molecule has 0 saturated carbocycles. The summed E-state index contributed by atoms with van der Waals surface area (Å²) in [5.41, 5.74) is 11.8. The van der Waals surface area contributed by atoms with Crippen molar-refractivity contribution in [2.45, 2.75) is 105 Å². The van der Waals surface area contributed by atoms with E-state index in [1.54, 1.807) is 0 Å². The molecule has 0 aliphatic rings. The number of benzene rings is 5. The molecule has 0 saturated heterocycles. The van der Waals surface area contributed by atoms with Crippen molar-refractivity contribution in [3.63, 3.8) is 0 Å². The lowest BCUT2D eigenvalue weighted by molar-refractivity contribution is 0.475. The predicted octanol–water partition coefficient (Wildman–Crippen LogP) is 12.8. The van der Waals surface area contributed by atoms with E-state index in [2.05, 4.69) is 171 Å². The Balaban J connectivity index is 1.54. The molecule has 7 aromatic rings. The maximum absolute atomic E-state index is 11.5. The van der Waals surface area contributed by atoms with Gasteiger partial charge in [-0.15, -0.1) is 0 Å². The minimum Gasteiger partial charge on any atom is -0.508 e. The quantitative estimate of drug-likeness (QED) is 0.199. The van der Waals surface area contributed by atoms with Crippen molar-refractivity contribution in [1.82, 2.24) is 9.13 Å². The highest BCUT2D eigenvalue weighted by molar-refractivity contribution is 6.11. The number of aromatic hydroxyl groups is 1. The fourth-order valence-corrected chi connectivity index (χ4v) is 7.31. The number of nitrogens with zero attached hydrogens (tertiary/aromatic N) is 2. The smallest absolute Gasteiger partial charge is 0.119 e. The number of phenols is 1. The highest BCUT2D eigenvalue weighted by atomic mass is 16.3. The van der Waals surface area contributed by atoms with Gasteiger partial charge in [0, 0.05) is 33.7 Å². The van der Waals surface area contributed by atoms with Gasteiger partial charge in [-0.3, -0.25) is 0 Å². The maximum Gasteiger partial charge on any atom is 0.119 e. The van der Waals surface area contributed by atoms with E-state index in [1.807, 2.05) is 12.1 Å². The number of hydrogen-bond acceptors (Lipinski definition) is 1. The van der Waals surface area contributed by atoms with Gasteiger partial charge in [0.1, 0.15) is 5.75 Å². The van der Waals surface area contributed by atoms with Gasteiger partial charge in [-0.1, -0.05) is 107 Å². The van der Waals surface area contributed by atoms with Crippen LogP contribution in [0.4, 0.5) is 0 Å². The van der Waals surface area contributed by atoms with Crippen molar-refractivity contribution >= 4 is 43.6 Å². The van der Waals surface area contributed by atoms with Crippen LogP contribution >= 0.6 is 0 Å². The molecule has 0 bridgehead atoms. The van der Waals surface area contributed by atoms with E-state index >= 15 is 0 Å². The van der Waals surface area contributed by atoms with Gasteiger partial charge in [0.15, 0.2) is 0 Å². The highest BCUT2D eigenvalue weighted by Crippen LogP contribution is 2.41. The Morgan fingerprint density at radius 3 is 0.816 bits per heavy atom. The van der Waals surface area contributed by atoms with Gasteiger partial charge >= 0.3 is 0 Å². The number of aromatic nitrogens is 2. The average Bonchev–Trinajstić information content (AvgIpc) is 3.50. The summed E-state index contributed by atoms with van der Waals surface area (Å²) in [7, 11) is 0. The maximum atomic E-state index is 11.5. The molecule has 1 N–H and O–H groups in total. The first-order chi connectivity index (χ1) is 22.7. The first-order valence-corrected chi connectivity index (χ1v) is 17.7. The molecule has 0 spiro atoms. The zero-order valence-corrected chi connectivity index (χ0v) is 31.5. The Morgan fingerprint density at radius 1 is 0.347 bits per heavy atom. The van der Waals surface area contributed by atoms with E-state index in [0.29, 0.717) is 0 Å². The SMILES string of the molecule is CC(C)(C)c1ccc2c(c1)c1cc(C(C)(C)C)ccc1n2-c1cc(O)cc(-n2c3ccc(C(C)(C)C)cc3c3cc(C(C)(C)C)ccc32)c1. The van der Waals surface area contributed by atoms with Gasteiger partial charge < -0.3 is 14.2 Å². The van der Waals surface area contributed by atoms with Crippen molar-refractivity contribution in [2.75, 3.05) is 0 Å². The normalized spacial score (nSPS) is 13.4. The summed E-state index contributed by atoms with van der Waals surface area (Å²) in [5, 5.41) is 16.4. The second-order valence-electron chi connectivity index (χ2n) is 18.3. The summed E-state index contributed by atoms with van der Waals surface area (Å²) in [5.74, 6) is 0.243. The van der Waals surface area contributed by atoms with Crippen LogP contribution in [-0.4, -0.2) is 14.2 Å². The van der Waals surface area contributed by atoms with Crippen LogP contribution in [0.15, 0.2) is 91.0 Å². The summed E-state index contributed by atoms with van der Waals surface area (Å²) in [6.07, 6.45) is 0. The van der Waals surface area contributed by atoms with Crippen LogP contribution in [0.3, 0.4) is 0 Å². The number of phenolic OH excluding ortho intramolecular Hbond substituents is 1. The van der Waals surface area contributed by atoms with Gasteiger partial charge in [-0.05, 0) is 98.5 Å². The van der Waals surface area contributed by atoms with Crippen LogP contribution < -0.4 is 0 Å². The third-order valence-corrected chi connectivity index (χ3v) is 10.4. The zero-order valence-electron chi connectivity index (χ0n) is 31.5. The van der Waals surface area contributed by atoms with Crippen molar-refractivity contribution in [3.8, 4) is 17.1 Å². The molecule has 7 rings (SSSR count). The van der Waals surface area contributed by atoms with E-state index in [0.717, 1.165) is 33.4 Å². The Morgan fingerprint density at radius 2 is 0.592 bits per heavy atom. The summed E-state index contributed by atoms with van der Waals surface area (Å²) >= 11 is 0. The van der Waals surface area contributed by atoms with Gasteiger partial charge in [0.25, 0.3) is 0 Å². The van der Waals surface area contributed by atoms with Gasteiger partial charge in [-0.25, -0.2) is 0 Å². The second-order valence-corrected chi connectivity index (χ2v) is 18.3.